The molecule has 2 aromatic rings. The number of carbonyl (C=O) groups excluding carboxylic acids is 1. The number of hydrogen-bond donors (Lipinski definition) is 0. The maximum absolute atomic E-state index is 12.5. The summed E-state index contributed by atoms with van der Waals surface area (Å²) in [6.45, 7) is 6.36. The first-order chi connectivity index (χ1) is 14.5. The molecule has 6 heteroatoms. The van der Waals surface area contributed by atoms with Crippen LogP contribution < -0.4 is 9.47 Å². The third kappa shape index (κ3) is 4.76. The predicted octanol–water partition coefficient (Wildman–Crippen LogP) is 4.84. The third-order valence-corrected chi connectivity index (χ3v) is 5.89. The van der Waals surface area contributed by atoms with Gasteiger partial charge in [0.05, 0.1) is 12.0 Å². The number of rotatable bonds is 7. The van der Waals surface area contributed by atoms with Crippen molar-refractivity contribution in [3.8, 4) is 11.5 Å². The number of hydrogen-bond acceptors (Lipinski definition) is 5. The topological polar surface area (TPSA) is 51.1 Å². The maximum atomic E-state index is 12.5. The lowest BCUT2D eigenvalue weighted by Crippen LogP contribution is -2.23. The number of aryl methyl sites for hydroxylation is 1. The number of allylic oxidation sites excluding steroid dienone is 1. The van der Waals surface area contributed by atoms with Crippen LogP contribution in [0.25, 0.3) is 6.08 Å². The minimum Gasteiger partial charge on any atom is -0.493 e. The first-order valence-electron chi connectivity index (χ1n) is 9.61. The van der Waals surface area contributed by atoms with E-state index in [0.29, 0.717) is 34.6 Å². The van der Waals surface area contributed by atoms with Crippen LogP contribution in [0.5, 0.6) is 11.5 Å². The largest absolute Gasteiger partial charge is 0.493 e. The summed E-state index contributed by atoms with van der Waals surface area (Å²) in [5, 5.41) is 0.683. The van der Waals surface area contributed by atoms with Gasteiger partial charge in [0.25, 0.3) is 5.91 Å². The minimum absolute atomic E-state index is 0.0652. The summed E-state index contributed by atoms with van der Waals surface area (Å²) >= 11 is 1.36. The molecule has 1 aliphatic heterocycles. The molecule has 156 valence electrons. The molecule has 0 aromatic heterocycles. The van der Waals surface area contributed by atoms with Gasteiger partial charge in [-0.2, -0.15) is 0 Å². The Morgan fingerprint density at radius 2 is 1.97 bits per heavy atom. The molecule has 0 unspecified atom stereocenters. The second-order valence-corrected chi connectivity index (χ2v) is 7.97. The summed E-state index contributed by atoms with van der Waals surface area (Å²) in [5.41, 5.74) is 4.12. The summed E-state index contributed by atoms with van der Waals surface area (Å²) in [5.74, 6) is 1.25. The van der Waals surface area contributed by atoms with Crippen LogP contribution in [-0.2, 0) is 17.8 Å². The van der Waals surface area contributed by atoms with Crippen molar-refractivity contribution in [1.29, 1.82) is 0 Å². The van der Waals surface area contributed by atoms with Gasteiger partial charge in [0.15, 0.2) is 16.7 Å². The fourth-order valence-corrected chi connectivity index (χ4v) is 4.06. The molecule has 1 aliphatic rings. The number of likely N-dealkylation sites (N-methyl/N-ethyl adjacent to an activating group) is 1. The Hall–Kier alpha value is -2.99. The second kappa shape index (κ2) is 9.67. The van der Waals surface area contributed by atoms with Crippen molar-refractivity contribution in [2.24, 2.45) is 4.99 Å². The van der Waals surface area contributed by atoms with Crippen molar-refractivity contribution in [2.75, 3.05) is 21.2 Å². The Bertz CT molecular complexity index is 1010. The molecule has 0 bridgehead atoms. The Morgan fingerprint density at radius 3 is 2.57 bits per heavy atom. The van der Waals surface area contributed by atoms with Crippen molar-refractivity contribution >= 4 is 28.9 Å². The lowest BCUT2D eigenvalue weighted by Gasteiger charge is -2.16. The number of ether oxygens (including phenoxy) is 2. The van der Waals surface area contributed by atoms with E-state index in [0.717, 1.165) is 16.7 Å². The maximum Gasteiger partial charge on any atom is 0.266 e. The Balaban J connectivity index is 1.93. The molecule has 3 rings (SSSR count). The van der Waals surface area contributed by atoms with Gasteiger partial charge in [-0.05, 0) is 54.4 Å². The molecule has 0 radical (unpaired) electrons. The zero-order valence-electron chi connectivity index (χ0n) is 17.8. The number of amides is 1. The van der Waals surface area contributed by atoms with E-state index in [2.05, 4.69) is 42.8 Å². The standard InChI is InChI=1S/C24H26N2O3S/c1-6-7-19-12-18(14-21-23(27)26(4)24(25-3)30-21)13-20(28-5)22(19)29-15-17-10-8-16(2)9-11-17/h6,8-14H,1,7,15H2,2-5H3/b21-14+,25-24?. The van der Waals surface area contributed by atoms with E-state index in [9.17, 15) is 4.79 Å². The van der Waals surface area contributed by atoms with Gasteiger partial charge < -0.3 is 9.47 Å². The van der Waals surface area contributed by atoms with Gasteiger partial charge in [-0.25, -0.2) is 0 Å². The summed E-state index contributed by atoms with van der Waals surface area (Å²) in [7, 11) is 5.03. The van der Waals surface area contributed by atoms with Crippen LogP contribution in [0.4, 0.5) is 0 Å². The highest BCUT2D eigenvalue weighted by Crippen LogP contribution is 2.37. The normalized spacial score (nSPS) is 16.4. The molecule has 5 nitrogen and oxygen atoms in total. The molecule has 2 aromatic carbocycles. The first kappa shape index (κ1) is 21.7. The lowest BCUT2D eigenvalue weighted by molar-refractivity contribution is -0.121. The summed E-state index contributed by atoms with van der Waals surface area (Å²) in [4.78, 5) is 18.8. The third-order valence-electron chi connectivity index (χ3n) is 4.73. The van der Waals surface area contributed by atoms with Crippen LogP contribution in [0, 0.1) is 6.92 Å². The molecular formula is C24H26N2O3S. The Morgan fingerprint density at radius 1 is 1.23 bits per heavy atom. The van der Waals surface area contributed by atoms with Crippen LogP contribution in [0.3, 0.4) is 0 Å². The molecule has 0 spiro atoms. The molecule has 0 N–H and O–H groups in total. The van der Waals surface area contributed by atoms with Crippen LogP contribution in [0.1, 0.15) is 22.3 Å². The SMILES string of the molecule is C=CCc1cc(/C=C2/SC(=NC)N(C)C2=O)cc(OC)c1OCc1ccc(C)cc1. The fourth-order valence-electron chi connectivity index (χ4n) is 3.13. The predicted molar refractivity (Wildman–Crippen MR) is 124 cm³/mol. The highest BCUT2D eigenvalue weighted by atomic mass is 32.2. The number of amidine groups is 1. The summed E-state index contributed by atoms with van der Waals surface area (Å²) < 4.78 is 11.8. The van der Waals surface area contributed by atoms with E-state index >= 15 is 0 Å². The van der Waals surface area contributed by atoms with Gasteiger partial charge in [-0.3, -0.25) is 14.7 Å². The van der Waals surface area contributed by atoms with Crippen LogP contribution >= 0.6 is 11.8 Å². The average molecular weight is 423 g/mol. The van der Waals surface area contributed by atoms with E-state index in [1.165, 1.54) is 17.3 Å². The van der Waals surface area contributed by atoms with Crippen molar-refractivity contribution in [1.82, 2.24) is 4.90 Å². The van der Waals surface area contributed by atoms with E-state index in [4.69, 9.17) is 9.47 Å². The van der Waals surface area contributed by atoms with Crippen molar-refractivity contribution in [3.05, 3.63) is 76.2 Å². The molecule has 1 saturated heterocycles. The number of benzene rings is 2. The van der Waals surface area contributed by atoms with Gasteiger partial charge in [0.1, 0.15) is 6.61 Å². The van der Waals surface area contributed by atoms with Crippen molar-refractivity contribution in [3.63, 3.8) is 0 Å². The number of thioether (sulfide) groups is 1. The fraction of sp³-hybridized carbons (Fsp3) is 0.250. The molecule has 1 heterocycles. The zero-order valence-corrected chi connectivity index (χ0v) is 18.6. The van der Waals surface area contributed by atoms with Gasteiger partial charge in [-0.1, -0.05) is 35.9 Å². The Labute approximate surface area is 182 Å². The molecular weight excluding hydrogens is 396 g/mol. The van der Waals surface area contributed by atoms with Gasteiger partial charge in [0, 0.05) is 19.7 Å². The first-order valence-corrected chi connectivity index (χ1v) is 10.4. The molecule has 1 fully saturated rings. The molecule has 0 saturated carbocycles. The molecule has 0 aliphatic carbocycles. The van der Waals surface area contributed by atoms with E-state index in [-0.39, 0.29) is 5.91 Å². The Kier molecular flexibility index (Phi) is 7.00. The molecule has 30 heavy (non-hydrogen) atoms. The van der Waals surface area contributed by atoms with Gasteiger partial charge >= 0.3 is 0 Å². The summed E-state index contributed by atoms with van der Waals surface area (Å²) in [6.07, 6.45) is 4.31. The minimum atomic E-state index is -0.0652. The number of carbonyl (C=O) groups is 1. The smallest absolute Gasteiger partial charge is 0.266 e. The lowest BCUT2D eigenvalue weighted by atomic mass is 10.0. The van der Waals surface area contributed by atoms with Crippen LogP contribution in [-0.4, -0.2) is 37.2 Å². The van der Waals surface area contributed by atoms with Crippen LogP contribution in [0.2, 0.25) is 0 Å². The zero-order chi connectivity index (χ0) is 21.7. The second-order valence-electron chi connectivity index (χ2n) is 6.96. The van der Waals surface area contributed by atoms with E-state index in [1.54, 1.807) is 26.1 Å². The van der Waals surface area contributed by atoms with Gasteiger partial charge in [0.2, 0.25) is 0 Å². The van der Waals surface area contributed by atoms with Crippen molar-refractivity contribution < 1.29 is 14.3 Å². The van der Waals surface area contributed by atoms with E-state index in [1.807, 2.05) is 24.3 Å². The monoisotopic (exact) mass is 422 g/mol. The highest BCUT2D eigenvalue weighted by Gasteiger charge is 2.29. The van der Waals surface area contributed by atoms with Crippen LogP contribution in [0.15, 0.2) is 59.0 Å². The molecule has 1 amide bonds. The highest BCUT2D eigenvalue weighted by molar-refractivity contribution is 8.18. The number of aliphatic imine (C=N–C) groups is 1. The van der Waals surface area contributed by atoms with E-state index < -0.39 is 0 Å². The number of methoxy groups -OCH3 is 1. The summed E-state index contributed by atoms with van der Waals surface area (Å²) in [6, 6.07) is 12.1. The number of nitrogens with zero attached hydrogens (tertiary/aromatic N) is 2. The van der Waals surface area contributed by atoms with Gasteiger partial charge in [-0.15, -0.1) is 6.58 Å². The molecule has 0 atom stereocenters. The average Bonchev–Trinajstić information content (AvgIpc) is 3.02. The van der Waals surface area contributed by atoms with Crippen molar-refractivity contribution in [2.45, 2.75) is 20.0 Å². The quantitative estimate of drug-likeness (QED) is 0.473.